The van der Waals surface area contributed by atoms with Crippen LogP contribution in [-0.4, -0.2) is 0 Å². The van der Waals surface area contributed by atoms with E-state index in [4.69, 9.17) is 5.73 Å². The van der Waals surface area contributed by atoms with Crippen molar-refractivity contribution in [2.75, 3.05) is 0 Å². The highest BCUT2D eigenvalue weighted by atomic mass is 14.6. The summed E-state index contributed by atoms with van der Waals surface area (Å²) in [5.74, 6) is 0. The molecule has 0 fully saturated rings. The van der Waals surface area contributed by atoms with Crippen molar-refractivity contribution in [2.45, 2.75) is 27.2 Å². The van der Waals surface area contributed by atoms with Gasteiger partial charge in [0.15, 0.2) is 0 Å². The normalized spacial score (nSPS) is 11.8. The van der Waals surface area contributed by atoms with Crippen molar-refractivity contribution in [1.82, 2.24) is 0 Å². The number of allylic oxidation sites excluding steroid dienone is 1. The highest BCUT2D eigenvalue weighted by Crippen LogP contribution is 2.14. The maximum absolute atomic E-state index is 5.90. The summed E-state index contributed by atoms with van der Waals surface area (Å²) in [4.78, 5) is 0. The van der Waals surface area contributed by atoms with Crippen LogP contribution in [0, 0.1) is 13.8 Å². The van der Waals surface area contributed by atoms with Gasteiger partial charge in [-0.05, 0) is 38.0 Å². The van der Waals surface area contributed by atoms with E-state index in [0.717, 1.165) is 17.7 Å². The van der Waals surface area contributed by atoms with Gasteiger partial charge in [-0.3, -0.25) is 0 Å². The molecule has 0 unspecified atom stereocenters. The van der Waals surface area contributed by atoms with Crippen LogP contribution in [0.3, 0.4) is 0 Å². The van der Waals surface area contributed by atoms with E-state index in [-0.39, 0.29) is 0 Å². The van der Waals surface area contributed by atoms with Gasteiger partial charge in [0.2, 0.25) is 0 Å². The van der Waals surface area contributed by atoms with Crippen LogP contribution in [0.25, 0.3) is 5.70 Å². The van der Waals surface area contributed by atoms with E-state index < -0.39 is 0 Å². The lowest BCUT2D eigenvalue weighted by Crippen LogP contribution is -1.97. The quantitative estimate of drug-likeness (QED) is 0.734. The van der Waals surface area contributed by atoms with Crippen molar-refractivity contribution in [3.63, 3.8) is 0 Å². The van der Waals surface area contributed by atoms with Gasteiger partial charge in [0.25, 0.3) is 0 Å². The lowest BCUT2D eigenvalue weighted by atomic mass is 10.0. The van der Waals surface area contributed by atoms with Gasteiger partial charge in [0.05, 0.1) is 0 Å². The number of hydrogen-bond acceptors (Lipinski definition) is 1. The maximum atomic E-state index is 5.90. The second-order valence-electron chi connectivity index (χ2n) is 3.44. The lowest BCUT2D eigenvalue weighted by Gasteiger charge is -2.04. The Balaban J connectivity index is 3.08. The molecule has 0 aliphatic carbocycles. The molecule has 0 saturated carbocycles. The van der Waals surface area contributed by atoms with Gasteiger partial charge >= 0.3 is 0 Å². The summed E-state index contributed by atoms with van der Waals surface area (Å²) in [7, 11) is 0. The van der Waals surface area contributed by atoms with E-state index >= 15 is 0 Å². The SMILES string of the molecule is CC/C=C(/N)c1cc(C)cc(C)c1. The minimum Gasteiger partial charge on any atom is -0.399 e. The van der Waals surface area contributed by atoms with Gasteiger partial charge in [-0.2, -0.15) is 0 Å². The highest BCUT2D eigenvalue weighted by molar-refractivity contribution is 5.63. The third-order valence-corrected chi connectivity index (χ3v) is 1.98. The Morgan fingerprint density at radius 1 is 1.23 bits per heavy atom. The zero-order valence-electron chi connectivity index (χ0n) is 8.59. The average molecular weight is 175 g/mol. The zero-order valence-corrected chi connectivity index (χ0v) is 8.59. The zero-order chi connectivity index (χ0) is 9.84. The summed E-state index contributed by atoms with van der Waals surface area (Å²) in [6.07, 6.45) is 3.03. The number of hydrogen-bond donors (Lipinski definition) is 1. The molecule has 0 saturated heterocycles. The fraction of sp³-hybridized carbons (Fsp3) is 0.333. The maximum Gasteiger partial charge on any atom is 0.0347 e. The fourth-order valence-electron chi connectivity index (χ4n) is 1.48. The number of rotatable bonds is 2. The minimum atomic E-state index is 0.884. The third-order valence-electron chi connectivity index (χ3n) is 1.98. The van der Waals surface area contributed by atoms with Crippen LogP contribution in [0.4, 0.5) is 0 Å². The van der Waals surface area contributed by atoms with Crippen molar-refractivity contribution >= 4 is 5.70 Å². The Morgan fingerprint density at radius 3 is 2.23 bits per heavy atom. The Morgan fingerprint density at radius 2 is 1.77 bits per heavy atom. The molecule has 0 aromatic heterocycles. The Kier molecular flexibility index (Phi) is 3.13. The molecule has 0 bridgehead atoms. The van der Waals surface area contributed by atoms with Crippen molar-refractivity contribution in [1.29, 1.82) is 0 Å². The van der Waals surface area contributed by atoms with Gasteiger partial charge < -0.3 is 5.73 Å². The summed E-state index contributed by atoms with van der Waals surface area (Å²) in [6, 6.07) is 6.39. The largest absolute Gasteiger partial charge is 0.399 e. The van der Waals surface area contributed by atoms with Crippen molar-refractivity contribution in [3.05, 3.63) is 41.0 Å². The molecular formula is C12H17N. The van der Waals surface area contributed by atoms with Crippen LogP contribution < -0.4 is 5.73 Å². The fourth-order valence-corrected chi connectivity index (χ4v) is 1.48. The first-order chi connectivity index (χ1) is 6.13. The summed E-state index contributed by atoms with van der Waals surface area (Å²) in [6.45, 7) is 6.28. The molecule has 1 heteroatoms. The van der Waals surface area contributed by atoms with Gasteiger partial charge in [-0.15, -0.1) is 0 Å². The van der Waals surface area contributed by atoms with Crippen LogP contribution in [-0.2, 0) is 0 Å². The first kappa shape index (κ1) is 9.85. The second-order valence-corrected chi connectivity index (χ2v) is 3.44. The summed E-state index contributed by atoms with van der Waals surface area (Å²) < 4.78 is 0. The molecular weight excluding hydrogens is 158 g/mol. The molecule has 1 rings (SSSR count). The van der Waals surface area contributed by atoms with E-state index in [0.29, 0.717) is 0 Å². The van der Waals surface area contributed by atoms with Crippen LogP contribution in [0.15, 0.2) is 24.3 Å². The molecule has 1 aromatic rings. The molecule has 0 spiro atoms. The van der Waals surface area contributed by atoms with Crippen LogP contribution in [0.1, 0.15) is 30.0 Å². The van der Waals surface area contributed by atoms with Gasteiger partial charge in [0.1, 0.15) is 0 Å². The Hall–Kier alpha value is -1.24. The van der Waals surface area contributed by atoms with Crippen molar-refractivity contribution < 1.29 is 0 Å². The second kappa shape index (κ2) is 4.13. The van der Waals surface area contributed by atoms with E-state index in [2.05, 4.69) is 39.0 Å². The number of aryl methyl sites for hydroxylation is 2. The summed E-state index contributed by atoms with van der Waals surface area (Å²) >= 11 is 0. The minimum absolute atomic E-state index is 0.884. The average Bonchev–Trinajstić information content (AvgIpc) is 2.03. The number of nitrogens with two attached hydrogens (primary N) is 1. The van der Waals surface area contributed by atoms with E-state index in [1.165, 1.54) is 11.1 Å². The summed E-state index contributed by atoms with van der Waals surface area (Å²) in [5, 5.41) is 0. The van der Waals surface area contributed by atoms with Crippen molar-refractivity contribution in [2.24, 2.45) is 5.73 Å². The molecule has 0 amide bonds. The monoisotopic (exact) mass is 175 g/mol. The molecule has 0 radical (unpaired) electrons. The van der Waals surface area contributed by atoms with E-state index in [1.54, 1.807) is 0 Å². The van der Waals surface area contributed by atoms with Gasteiger partial charge in [-0.1, -0.05) is 30.2 Å². The molecule has 70 valence electrons. The first-order valence-electron chi connectivity index (χ1n) is 4.67. The molecule has 2 N–H and O–H groups in total. The predicted molar refractivity (Wildman–Crippen MR) is 58.4 cm³/mol. The van der Waals surface area contributed by atoms with Gasteiger partial charge in [-0.25, -0.2) is 0 Å². The standard InChI is InChI=1S/C12H17N/c1-4-5-12(13)11-7-9(2)6-10(3)8-11/h5-8H,4,13H2,1-3H3/b12-5+. The van der Waals surface area contributed by atoms with E-state index in [1.807, 2.05) is 6.08 Å². The van der Waals surface area contributed by atoms with Crippen LogP contribution >= 0.6 is 0 Å². The molecule has 1 aromatic carbocycles. The molecule has 0 heterocycles. The molecule has 0 atom stereocenters. The third kappa shape index (κ3) is 2.62. The number of benzene rings is 1. The highest BCUT2D eigenvalue weighted by Gasteiger charge is 1.97. The smallest absolute Gasteiger partial charge is 0.0347 e. The van der Waals surface area contributed by atoms with Crippen LogP contribution in [0.2, 0.25) is 0 Å². The Labute approximate surface area is 80.3 Å². The van der Waals surface area contributed by atoms with E-state index in [9.17, 15) is 0 Å². The van der Waals surface area contributed by atoms with Gasteiger partial charge in [0, 0.05) is 5.70 Å². The van der Waals surface area contributed by atoms with Crippen molar-refractivity contribution in [3.8, 4) is 0 Å². The first-order valence-corrected chi connectivity index (χ1v) is 4.67. The topological polar surface area (TPSA) is 26.0 Å². The molecule has 13 heavy (non-hydrogen) atoms. The summed E-state index contributed by atoms with van der Waals surface area (Å²) in [5.41, 5.74) is 10.5. The molecule has 0 aliphatic heterocycles. The molecule has 0 aliphatic rings. The Bertz CT molecular complexity index is 304. The lowest BCUT2D eigenvalue weighted by molar-refractivity contribution is 1.21. The van der Waals surface area contributed by atoms with Crippen LogP contribution in [0.5, 0.6) is 0 Å². The molecule has 1 nitrogen and oxygen atoms in total. The predicted octanol–water partition coefficient (Wildman–Crippen LogP) is 3.01.